The number of carbonyl (C=O) groups excluding carboxylic acids is 1. The lowest BCUT2D eigenvalue weighted by Crippen LogP contribution is -2.54. The first-order chi connectivity index (χ1) is 15.8. The Balaban J connectivity index is 1.01. The summed E-state index contributed by atoms with van der Waals surface area (Å²) in [6.07, 6.45) is 3.58. The van der Waals surface area contributed by atoms with E-state index in [1.54, 1.807) is 11.5 Å². The fourth-order valence-electron chi connectivity index (χ4n) is 4.95. The van der Waals surface area contributed by atoms with E-state index < -0.39 is 0 Å². The van der Waals surface area contributed by atoms with Crippen LogP contribution < -0.4 is 10.3 Å². The monoisotopic (exact) mass is 458 g/mol. The molecule has 3 aliphatic rings. The summed E-state index contributed by atoms with van der Waals surface area (Å²) in [5, 5.41) is 3.39. The second-order valence-corrected chi connectivity index (χ2v) is 9.87. The Morgan fingerprint density at radius 3 is 2.56 bits per heavy atom. The van der Waals surface area contributed by atoms with Crippen molar-refractivity contribution in [2.45, 2.75) is 19.3 Å². The standard InChI is InChI=1S/C23H34N6O2S/c30-23(28-15-17-31-18-16-28)24-29-9-6-19(7-10-29)5-8-26-11-13-27(14-12-26)22-20-3-1-2-4-21(20)32-25-22/h1-4,19H,5-18H2,(H,24,30). The van der Waals surface area contributed by atoms with Gasteiger partial charge in [0.2, 0.25) is 0 Å². The number of piperazine rings is 1. The number of morpholine rings is 1. The van der Waals surface area contributed by atoms with Crippen molar-refractivity contribution in [3.05, 3.63) is 24.3 Å². The number of hydrazine groups is 1. The van der Waals surface area contributed by atoms with E-state index in [0.29, 0.717) is 26.3 Å². The average Bonchev–Trinajstić information content (AvgIpc) is 3.29. The summed E-state index contributed by atoms with van der Waals surface area (Å²) in [5.41, 5.74) is 3.09. The van der Waals surface area contributed by atoms with Gasteiger partial charge in [-0.1, -0.05) is 12.1 Å². The van der Waals surface area contributed by atoms with Gasteiger partial charge in [0, 0.05) is 57.7 Å². The topological polar surface area (TPSA) is 64.2 Å². The van der Waals surface area contributed by atoms with Gasteiger partial charge in [0.15, 0.2) is 0 Å². The van der Waals surface area contributed by atoms with Crippen LogP contribution in [0.2, 0.25) is 0 Å². The van der Waals surface area contributed by atoms with Gasteiger partial charge in [-0.15, -0.1) is 0 Å². The van der Waals surface area contributed by atoms with Crippen molar-refractivity contribution in [1.29, 1.82) is 0 Å². The Morgan fingerprint density at radius 1 is 1.03 bits per heavy atom. The van der Waals surface area contributed by atoms with Crippen LogP contribution in [-0.2, 0) is 4.74 Å². The predicted octanol–water partition coefficient (Wildman–Crippen LogP) is 2.48. The molecule has 0 atom stereocenters. The maximum atomic E-state index is 12.4. The molecular formula is C23H34N6O2S. The number of nitrogens with one attached hydrogen (secondary N) is 1. The fourth-order valence-corrected chi connectivity index (χ4v) is 5.75. The molecule has 32 heavy (non-hydrogen) atoms. The molecule has 174 valence electrons. The molecule has 2 amide bonds. The van der Waals surface area contributed by atoms with Crippen molar-refractivity contribution in [3.8, 4) is 0 Å². The number of amides is 2. The van der Waals surface area contributed by atoms with E-state index in [1.165, 1.54) is 23.1 Å². The lowest BCUT2D eigenvalue weighted by Gasteiger charge is -2.37. The van der Waals surface area contributed by atoms with E-state index in [1.807, 2.05) is 4.90 Å². The second-order valence-electron chi connectivity index (χ2n) is 9.07. The molecule has 3 aliphatic heterocycles. The van der Waals surface area contributed by atoms with E-state index in [9.17, 15) is 4.79 Å². The molecule has 8 nitrogen and oxygen atoms in total. The number of hydrogen-bond donors (Lipinski definition) is 1. The minimum Gasteiger partial charge on any atom is -0.378 e. The highest BCUT2D eigenvalue weighted by molar-refractivity contribution is 7.13. The number of carbonyl (C=O) groups is 1. The van der Waals surface area contributed by atoms with Crippen molar-refractivity contribution in [2.24, 2.45) is 5.92 Å². The zero-order valence-corrected chi connectivity index (χ0v) is 19.6. The number of nitrogens with zero attached hydrogens (tertiary/aromatic N) is 5. The van der Waals surface area contributed by atoms with Crippen LogP contribution in [0.15, 0.2) is 24.3 Å². The van der Waals surface area contributed by atoms with Crippen molar-refractivity contribution >= 4 is 33.5 Å². The third-order valence-electron chi connectivity index (χ3n) is 7.05. The largest absolute Gasteiger partial charge is 0.378 e. The number of ether oxygens (including phenoxy) is 1. The Hall–Kier alpha value is -1.94. The van der Waals surface area contributed by atoms with Gasteiger partial charge in [0.25, 0.3) is 0 Å². The molecule has 1 aromatic carbocycles. The molecule has 5 rings (SSSR count). The third-order valence-corrected chi connectivity index (χ3v) is 7.87. The molecule has 1 aromatic heterocycles. The normalized spacial score (nSPS) is 21.9. The van der Waals surface area contributed by atoms with Gasteiger partial charge in [-0.25, -0.2) is 9.80 Å². The molecule has 9 heteroatoms. The highest BCUT2D eigenvalue weighted by Gasteiger charge is 2.25. The first kappa shape index (κ1) is 21.9. The predicted molar refractivity (Wildman–Crippen MR) is 128 cm³/mol. The van der Waals surface area contributed by atoms with Crippen molar-refractivity contribution in [1.82, 2.24) is 24.6 Å². The van der Waals surface area contributed by atoms with E-state index in [2.05, 4.69) is 44.5 Å². The lowest BCUT2D eigenvalue weighted by atomic mass is 9.94. The van der Waals surface area contributed by atoms with E-state index in [4.69, 9.17) is 9.11 Å². The Bertz CT molecular complexity index is 885. The third kappa shape index (κ3) is 5.17. The van der Waals surface area contributed by atoms with E-state index in [0.717, 1.165) is 63.8 Å². The maximum absolute atomic E-state index is 12.4. The highest BCUT2D eigenvalue weighted by atomic mass is 32.1. The van der Waals surface area contributed by atoms with Crippen LogP contribution in [0.5, 0.6) is 0 Å². The number of aromatic nitrogens is 1. The molecular weight excluding hydrogens is 424 g/mol. The average molecular weight is 459 g/mol. The number of piperidine rings is 1. The highest BCUT2D eigenvalue weighted by Crippen LogP contribution is 2.30. The van der Waals surface area contributed by atoms with Crippen LogP contribution in [0.4, 0.5) is 10.6 Å². The van der Waals surface area contributed by atoms with Crippen molar-refractivity contribution < 1.29 is 9.53 Å². The Morgan fingerprint density at radius 2 is 1.78 bits per heavy atom. The molecule has 3 fully saturated rings. The molecule has 2 aromatic rings. The summed E-state index contributed by atoms with van der Waals surface area (Å²) in [4.78, 5) is 19.3. The van der Waals surface area contributed by atoms with Crippen LogP contribution in [0.25, 0.3) is 10.1 Å². The van der Waals surface area contributed by atoms with Crippen LogP contribution in [0.3, 0.4) is 0 Å². The zero-order valence-electron chi connectivity index (χ0n) is 18.7. The first-order valence-electron chi connectivity index (χ1n) is 12.0. The minimum absolute atomic E-state index is 0.0255. The second kappa shape index (κ2) is 10.3. The van der Waals surface area contributed by atoms with Gasteiger partial charge in [-0.3, -0.25) is 10.3 Å². The summed E-state index contributed by atoms with van der Waals surface area (Å²) in [6.45, 7) is 10.1. The summed E-state index contributed by atoms with van der Waals surface area (Å²) in [5.74, 6) is 1.92. The van der Waals surface area contributed by atoms with Gasteiger partial charge in [-0.2, -0.15) is 4.37 Å². The van der Waals surface area contributed by atoms with Gasteiger partial charge in [-0.05, 0) is 55.4 Å². The fraction of sp³-hybridized carbons (Fsp3) is 0.652. The number of anilines is 1. The quantitative estimate of drug-likeness (QED) is 0.743. The van der Waals surface area contributed by atoms with Crippen LogP contribution >= 0.6 is 11.5 Å². The number of rotatable bonds is 5. The van der Waals surface area contributed by atoms with Gasteiger partial charge in [0.1, 0.15) is 5.82 Å². The summed E-state index contributed by atoms with van der Waals surface area (Å²) < 4.78 is 11.3. The molecule has 0 unspecified atom stereocenters. The SMILES string of the molecule is O=C(NN1CCC(CCN2CCN(c3nsc4ccccc34)CC2)CC1)N1CCOCC1. The van der Waals surface area contributed by atoms with Crippen LogP contribution in [0.1, 0.15) is 19.3 Å². The molecule has 0 aliphatic carbocycles. The minimum atomic E-state index is 0.0255. The number of hydrogen-bond acceptors (Lipinski definition) is 7. The van der Waals surface area contributed by atoms with Crippen LogP contribution in [0, 0.1) is 5.92 Å². The molecule has 3 saturated heterocycles. The Labute approximate surface area is 194 Å². The molecule has 4 heterocycles. The summed E-state index contributed by atoms with van der Waals surface area (Å²) in [7, 11) is 0. The maximum Gasteiger partial charge on any atom is 0.332 e. The van der Waals surface area contributed by atoms with Gasteiger partial charge in [0.05, 0.1) is 17.9 Å². The zero-order chi connectivity index (χ0) is 21.8. The summed E-state index contributed by atoms with van der Waals surface area (Å²) in [6, 6.07) is 8.57. The number of urea groups is 1. The van der Waals surface area contributed by atoms with E-state index >= 15 is 0 Å². The van der Waals surface area contributed by atoms with Gasteiger partial charge >= 0.3 is 6.03 Å². The molecule has 0 spiro atoms. The molecule has 0 bridgehead atoms. The first-order valence-corrected chi connectivity index (χ1v) is 12.7. The van der Waals surface area contributed by atoms with Crippen LogP contribution in [-0.4, -0.2) is 97.3 Å². The van der Waals surface area contributed by atoms with Crippen molar-refractivity contribution in [3.63, 3.8) is 0 Å². The number of benzene rings is 1. The van der Waals surface area contributed by atoms with Crippen molar-refractivity contribution in [2.75, 3.05) is 77.0 Å². The lowest BCUT2D eigenvalue weighted by molar-refractivity contribution is 0.0423. The molecule has 1 N–H and O–H groups in total. The molecule has 0 radical (unpaired) electrons. The van der Waals surface area contributed by atoms with E-state index in [-0.39, 0.29) is 6.03 Å². The smallest absolute Gasteiger partial charge is 0.332 e. The molecule has 0 saturated carbocycles. The van der Waals surface area contributed by atoms with Gasteiger partial charge < -0.3 is 14.5 Å². The summed E-state index contributed by atoms with van der Waals surface area (Å²) >= 11 is 1.61. The number of fused-ring (bicyclic) bond motifs is 1. The Kier molecular flexibility index (Phi) is 7.06.